The second-order valence-electron chi connectivity index (χ2n) is 5.68. The van der Waals surface area contributed by atoms with E-state index in [1.165, 1.54) is 18.2 Å². The Balaban J connectivity index is 2.08. The maximum Gasteiger partial charge on any atom is 0.422 e. The first kappa shape index (κ1) is 20.1. The molecule has 0 N–H and O–H groups in total. The van der Waals surface area contributed by atoms with Gasteiger partial charge in [-0.15, -0.1) is 0 Å². The fraction of sp³-hybridized carbons (Fsp3) is 0.533. The molecule has 3 nitrogen and oxygen atoms in total. The van der Waals surface area contributed by atoms with Crippen LogP contribution in [0.5, 0.6) is 5.75 Å². The number of carbonyl (C=O) groups is 1. The highest BCUT2D eigenvalue weighted by Crippen LogP contribution is 2.34. The molecule has 25 heavy (non-hydrogen) atoms. The fourth-order valence-corrected chi connectivity index (χ4v) is 3.19. The summed E-state index contributed by atoms with van der Waals surface area (Å²) in [6.07, 6.45) is -8.62. The summed E-state index contributed by atoms with van der Waals surface area (Å²) in [5.41, 5.74) is 0.117. The Kier molecular flexibility index (Phi) is 6.10. The molecule has 0 bridgehead atoms. The van der Waals surface area contributed by atoms with E-state index in [0.717, 1.165) is 4.90 Å². The molecule has 0 saturated carbocycles. The third-order valence-corrected chi connectivity index (χ3v) is 4.58. The third-order valence-electron chi connectivity index (χ3n) is 3.74. The molecule has 0 aromatic heterocycles. The predicted octanol–water partition coefficient (Wildman–Crippen LogP) is 4.65. The minimum absolute atomic E-state index is 0.0188. The summed E-state index contributed by atoms with van der Waals surface area (Å²) in [5, 5.41) is 0. The molecular formula is C15H14F6INO2. The molecule has 1 aliphatic rings. The minimum Gasteiger partial charge on any atom is -0.483 e. The zero-order valence-electron chi connectivity index (χ0n) is 12.8. The van der Waals surface area contributed by atoms with E-state index in [1.54, 1.807) is 22.6 Å². The molecule has 1 aromatic carbocycles. The molecule has 1 fully saturated rings. The van der Waals surface area contributed by atoms with Crippen molar-refractivity contribution >= 4 is 28.5 Å². The Morgan fingerprint density at radius 3 is 2.48 bits per heavy atom. The minimum atomic E-state index is -4.49. The molecule has 1 unspecified atom stereocenters. The Labute approximate surface area is 153 Å². The summed E-state index contributed by atoms with van der Waals surface area (Å²) < 4.78 is 79.9. The number of nitrogens with zero attached hydrogens (tertiary/aromatic N) is 1. The normalized spacial score (nSPS) is 19.0. The number of amides is 1. The summed E-state index contributed by atoms with van der Waals surface area (Å²) in [7, 11) is 0. The zero-order valence-corrected chi connectivity index (χ0v) is 14.9. The summed E-state index contributed by atoms with van der Waals surface area (Å²) in [5.74, 6) is -2.17. The van der Waals surface area contributed by atoms with Crippen LogP contribution in [0.1, 0.15) is 23.2 Å². The Bertz CT molecular complexity index is 631. The summed E-state index contributed by atoms with van der Waals surface area (Å²) >= 11 is 1.72. The van der Waals surface area contributed by atoms with Gasteiger partial charge in [-0.25, -0.2) is 0 Å². The van der Waals surface area contributed by atoms with Crippen LogP contribution in [0.3, 0.4) is 0 Å². The number of ether oxygens (including phenoxy) is 1. The van der Waals surface area contributed by atoms with E-state index in [1.807, 2.05) is 0 Å². The third kappa shape index (κ3) is 5.65. The standard InChI is InChI=1S/C15H14F6INO2/c16-14(17,18)8-25-12-4-3-9(6-11(12)22)13(24)23-5-1-2-10(7-23)15(19,20)21/h3-4,6,10H,1-2,5,7-8H2. The number of halogens is 7. The lowest BCUT2D eigenvalue weighted by molar-refractivity contribution is -0.184. The first-order valence-corrected chi connectivity index (χ1v) is 8.40. The molecule has 0 spiro atoms. The Morgan fingerprint density at radius 2 is 1.92 bits per heavy atom. The average molecular weight is 481 g/mol. The van der Waals surface area contributed by atoms with Gasteiger partial charge in [-0.05, 0) is 53.6 Å². The van der Waals surface area contributed by atoms with Gasteiger partial charge in [0.25, 0.3) is 5.91 Å². The number of likely N-dealkylation sites (tertiary alicyclic amines) is 1. The van der Waals surface area contributed by atoms with E-state index in [4.69, 9.17) is 0 Å². The van der Waals surface area contributed by atoms with E-state index in [0.29, 0.717) is 0 Å². The number of benzene rings is 1. The maximum absolute atomic E-state index is 12.8. The molecule has 1 heterocycles. The second-order valence-corrected chi connectivity index (χ2v) is 6.84. The van der Waals surface area contributed by atoms with Crippen LogP contribution in [-0.4, -0.2) is 42.9 Å². The van der Waals surface area contributed by atoms with Gasteiger partial charge in [0, 0.05) is 18.7 Å². The lowest BCUT2D eigenvalue weighted by Gasteiger charge is -2.33. The number of hydrogen-bond donors (Lipinski definition) is 0. The first-order valence-electron chi connectivity index (χ1n) is 7.32. The van der Waals surface area contributed by atoms with Gasteiger partial charge in [-0.1, -0.05) is 0 Å². The van der Waals surface area contributed by atoms with Gasteiger partial charge in [0.05, 0.1) is 9.49 Å². The van der Waals surface area contributed by atoms with Crippen LogP contribution in [0.4, 0.5) is 26.3 Å². The molecule has 1 aliphatic heterocycles. The van der Waals surface area contributed by atoms with Gasteiger partial charge < -0.3 is 9.64 Å². The van der Waals surface area contributed by atoms with Crippen LogP contribution in [0, 0.1) is 9.49 Å². The van der Waals surface area contributed by atoms with Gasteiger partial charge in [0.15, 0.2) is 6.61 Å². The van der Waals surface area contributed by atoms with E-state index in [9.17, 15) is 31.1 Å². The fourth-order valence-electron chi connectivity index (χ4n) is 2.52. The van der Waals surface area contributed by atoms with Crippen molar-refractivity contribution in [3.8, 4) is 5.75 Å². The highest BCUT2D eigenvalue weighted by molar-refractivity contribution is 14.1. The van der Waals surface area contributed by atoms with Gasteiger partial charge in [-0.3, -0.25) is 4.79 Å². The molecular weight excluding hydrogens is 467 g/mol. The summed E-state index contributed by atoms with van der Waals surface area (Å²) in [4.78, 5) is 13.5. The second kappa shape index (κ2) is 7.58. The van der Waals surface area contributed by atoms with Gasteiger partial charge in [0.2, 0.25) is 0 Å². The Morgan fingerprint density at radius 1 is 1.24 bits per heavy atom. The number of alkyl halides is 6. The molecule has 0 radical (unpaired) electrons. The van der Waals surface area contributed by atoms with Crippen molar-refractivity contribution in [2.24, 2.45) is 5.92 Å². The van der Waals surface area contributed by atoms with Crippen LogP contribution < -0.4 is 4.74 Å². The molecule has 140 valence electrons. The summed E-state index contributed by atoms with van der Waals surface area (Å²) in [6, 6.07) is 3.78. The van der Waals surface area contributed by atoms with Crippen LogP contribution >= 0.6 is 22.6 Å². The number of carbonyl (C=O) groups excluding carboxylic acids is 1. The molecule has 2 rings (SSSR count). The smallest absolute Gasteiger partial charge is 0.422 e. The topological polar surface area (TPSA) is 29.5 Å². The molecule has 1 amide bonds. The largest absolute Gasteiger partial charge is 0.483 e. The van der Waals surface area contributed by atoms with E-state index in [2.05, 4.69) is 4.74 Å². The SMILES string of the molecule is O=C(c1ccc(OCC(F)(F)F)c(I)c1)N1CCCC(C(F)(F)F)C1. The van der Waals surface area contributed by atoms with Gasteiger partial charge >= 0.3 is 12.4 Å². The maximum atomic E-state index is 12.8. The van der Waals surface area contributed by atoms with Gasteiger partial charge in [0.1, 0.15) is 5.75 Å². The lowest BCUT2D eigenvalue weighted by Crippen LogP contribution is -2.44. The van der Waals surface area contributed by atoms with Crippen molar-refractivity contribution in [3.05, 3.63) is 27.3 Å². The Hall–Kier alpha value is -1.20. The average Bonchev–Trinajstić information content (AvgIpc) is 2.51. The molecule has 10 heteroatoms. The predicted molar refractivity (Wildman–Crippen MR) is 85.4 cm³/mol. The van der Waals surface area contributed by atoms with Crippen LogP contribution in [0.15, 0.2) is 18.2 Å². The summed E-state index contributed by atoms with van der Waals surface area (Å²) in [6.45, 7) is -1.66. The number of rotatable bonds is 3. The zero-order chi connectivity index (χ0) is 18.8. The van der Waals surface area contributed by atoms with Crippen molar-refractivity contribution in [1.29, 1.82) is 0 Å². The van der Waals surface area contributed by atoms with Gasteiger partial charge in [-0.2, -0.15) is 26.3 Å². The highest BCUT2D eigenvalue weighted by Gasteiger charge is 2.42. The van der Waals surface area contributed by atoms with Crippen molar-refractivity contribution in [1.82, 2.24) is 4.90 Å². The quantitative estimate of drug-likeness (QED) is 0.465. The number of piperidine rings is 1. The lowest BCUT2D eigenvalue weighted by atomic mass is 9.97. The van der Waals surface area contributed by atoms with Crippen LogP contribution in [-0.2, 0) is 0 Å². The van der Waals surface area contributed by atoms with E-state index in [-0.39, 0.29) is 34.3 Å². The van der Waals surface area contributed by atoms with Crippen molar-refractivity contribution < 1.29 is 35.9 Å². The monoisotopic (exact) mass is 481 g/mol. The molecule has 1 atom stereocenters. The van der Waals surface area contributed by atoms with E-state index >= 15 is 0 Å². The molecule has 1 saturated heterocycles. The first-order chi connectivity index (χ1) is 11.5. The highest BCUT2D eigenvalue weighted by atomic mass is 127. The van der Waals surface area contributed by atoms with Crippen molar-refractivity contribution in [2.75, 3.05) is 19.7 Å². The number of hydrogen-bond acceptors (Lipinski definition) is 2. The molecule has 0 aliphatic carbocycles. The van der Waals surface area contributed by atoms with Crippen molar-refractivity contribution in [2.45, 2.75) is 25.2 Å². The van der Waals surface area contributed by atoms with E-state index < -0.39 is 37.3 Å². The van der Waals surface area contributed by atoms with Crippen LogP contribution in [0.2, 0.25) is 0 Å². The molecule has 1 aromatic rings. The van der Waals surface area contributed by atoms with Crippen LogP contribution in [0.25, 0.3) is 0 Å². The van der Waals surface area contributed by atoms with Crippen molar-refractivity contribution in [3.63, 3.8) is 0 Å².